The highest BCUT2D eigenvalue weighted by Gasteiger charge is 2.06. The fourth-order valence-electron chi connectivity index (χ4n) is 2.62. The van der Waals surface area contributed by atoms with Crippen molar-refractivity contribution < 1.29 is 9.59 Å². The number of carbonyl (C=O) groups excluding carboxylic acids is 2. The molecule has 1 aromatic carbocycles. The molecule has 0 aliphatic rings. The van der Waals surface area contributed by atoms with Gasteiger partial charge < -0.3 is 10.6 Å². The predicted molar refractivity (Wildman–Crippen MR) is 106 cm³/mol. The molecule has 27 heavy (non-hydrogen) atoms. The molecule has 0 bridgehead atoms. The first-order valence-corrected chi connectivity index (χ1v) is 9.83. The predicted octanol–water partition coefficient (Wildman–Crippen LogP) is 2.80. The average Bonchev–Trinajstić information content (AvgIpc) is 3.39. The molecule has 140 valence electrons. The lowest BCUT2D eigenvalue weighted by Gasteiger charge is -2.07. The lowest BCUT2D eigenvalue weighted by atomic mass is 10.1. The highest BCUT2D eigenvalue weighted by molar-refractivity contribution is 7.08. The van der Waals surface area contributed by atoms with Gasteiger partial charge in [0.25, 0.3) is 5.91 Å². The van der Waals surface area contributed by atoms with E-state index in [9.17, 15) is 9.59 Å². The van der Waals surface area contributed by atoms with E-state index in [4.69, 9.17) is 0 Å². The van der Waals surface area contributed by atoms with Crippen LogP contribution in [0.5, 0.6) is 0 Å². The van der Waals surface area contributed by atoms with Gasteiger partial charge in [-0.25, -0.2) is 4.68 Å². The van der Waals surface area contributed by atoms with Crippen molar-refractivity contribution >= 4 is 23.2 Å². The molecule has 0 radical (unpaired) electrons. The van der Waals surface area contributed by atoms with Crippen LogP contribution in [0, 0.1) is 0 Å². The first-order chi connectivity index (χ1) is 13.2. The maximum atomic E-state index is 11.9. The van der Waals surface area contributed by atoms with Gasteiger partial charge in [0.2, 0.25) is 5.91 Å². The van der Waals surface area contributed by atoms with Crippen LogP contribution in [0.3, 0.4) is 0 Å². The van der Waals surface area contributed by atoms with Crippen molar-refractivity contribution in [3.63, 3.8) is 0 Å². The van der Waals surface area contributed by atoms with Crippen LogP contribution in [-0.4, -0.2) is 34.7 Å². The first kappa shape index (κ1) is 18.8. The highest BCUT2D eigenvalue weighted by Crippen LogP contribution is 2.09. The SMILES string of the molecule is O=C(CCCNC(=O)c1ccsc1)NCCc1ccc(-n2cccn2)cc1. The van der Waals surface area contributed by atoms with E-state index in [0.29, 0.717) is 31.5 Å². The highest BCUT2D eigenvalue weighted by atomic mass is 32.1. The Labute approximate surface area is 162 Å². The quantitative estimate of drug-likeness (QED) is 0.559. The van der Waals surface area contributed by atoms with E-state index in [1.54, 1.807) is 12.3 Å². The second-order valence-electron chi connectivity index (χ2n) is 6.09. The molecule has 0 aliphatic carbocycles. The van der Waals surface area contributed by atoms with Crippen molar-refractivity contribution in [1.29, 1.82) is 0 Å². The van der Waals surface area contributed by atoms with Crippen LogP contribution in [0.4, 0.5) is 0 Å². The van der Waals surface area contributed by atoms with E-state index in [1.165, 1.54) is 11.3 Å². The monoisotopic (exact) mass is 382 g/mol. The number of hydrogen-bond acceptors (Lipinski definition) is 4. The summed E-state index contributed by atoms with van der Waals surface area (Å²) in [6.07, 6.45) is 5.46. The molecule has 0 fully saturated rings. The number of hydrogen-bond donors (Lipinski definition) is 2. The number of nitrogens with zero attached hydrogens (tertiary/aromatic N) is 2. The molecule has 0 atom stereocenters. The molecule has 2 amide bonds. The topological polar surface area (TPSA) is 76.0 Å². The Morgan fingerprint density at radius 2 is 1.93 bits per heavy atom. The third-order valence-corrected chi connectivity index (χ3v) is 4.77. The van der Waals surface area contributed by atoms with E-state index in [1.807, 2.05) is 52.0 Å². The molecule has 6 nitrogen and oxygen atoms in total. The number of thiophene rings is 1. The molecule has 2 heterocycles. The van der Waals surface area contributed by atoms with E-state index in [0.717, 1.165) is 17.7 Å². The Balaban J connectivity index is 1.30. The fraction of sp³-hybridized carbons (Fsp3) is 0.250. The van der Waals surface area contributed by atoms with Gasteiger partial charge >= 0.3 is 0 Å². The molecule has 0 saturated carbocycles. The number of carbonyl (C=O) groups is 2. The van der Waals surface area contributed by atoms with Crippen LogP contribution in [0.1, 0.15) is 28.8 Å². The van der Waals surface area contributed by atoms with Gasteiger partial charge in [-0.05, 0) is 48.1 Å². The maximum Gasteiger partial charge on any atom is 0.252 e. The minimum Gasteiger partial charge on any atom is -0.356 e. The summed E-state index contributed by atoms with van der Waals surface area (Å²) < 4.78 is 1.81. The van der Waals surface area contributed by atoms with Crippen LogP contribution < -0.4 is 10.6 Å². The zero-order valence-electron chi connectivity index (χ0n) is 14.9. The first-order valence-electron chi connectivity index (χ1n) is 8.88. The van der Waals surface area contributed by atoms with Crippen molar-refractivity contribution in [3.05, 3.63) is 70.7 Å². The molecule has 0 spiro atoms. The van der Waals surface area contributed by atoms with Crippen LogP contribution in [0.2, 0.25) is 0 Å². The molecular formula is C20H22N4O2S. The van der Waals surface area contributed by atoms with Gasteiger partial charge in [-0.15, -0.1) is 0 Å². The van der Waals surface area contributed by atoms with Gasteiger partial charge in [0.1, 0.15) is 0 Å². The van der Waals surface area contributed by atoms with Crippen LogP contribution >= 0.6 is 11.3 Å². The fourth-order valence-corrected chi connectivity index (χ4v) is 3.25. The minimum atomic E-state index is -0.0878. The Hall–Kier alpha value is -2.93. The van der Waals surface area contributed by atoms with Crippen LogP contribution in [-0.2, 0) is 11.2 Å². The molecular weight excluding hydrogens is 360 g/mol. The number of benzene rings is 1. The largest absolute Gasteiger partial charge is 0.356 e. The molecule has 2 aromatic heterocycles. The van der Waals surface area contributed by atoms with Crippen LogP contribution in [0.15, 0.2) is 59.6 Å². The van der Waals surface area contributed by atoms with E-state index in [-0.39, 0.29) is 11.8 Å². The third kappa shape index (κ3) is 5.79. The summed E-state index contributed by atoms with van der Waals surface area (Å²) in [5, 5.41) is 13.6. The van der Waals surface area contributed by atoms with Crippen molar-refractivity contribution in [2.24, 2.45) is 0 Å². The smallest absolute Gasteiger partial charge is 0.252 e. The number of aromatic nitrogens is 2. The van der Waals surface area contributed by atoms with Crippen molar-refractivity contribution in [2.75, 3.05) is 13.1 Å². The second kappa shape index (κ2) is 9.68. The molecule has 2 N–H and O–H groups in total. The van der Waals surface area contributed by atoms with E-state index >= 15 is 0 Å². The number of amides is 2. The van der Waals surface area contributed by atoms with E-state index in [2.05, 4.69) is 15.7 Å². The summed E-state index contributed by atoms with van der Waals surface area (Å²) in [5.74, 6) is -0.0804. The van der Waals surface area contributed by atoms with Gasteiger partial charge in [-0.3, -0.25) is 9.59 Å². The summed E-state index contributed by atoms with van der Waals surface area (Å²) in [5.41, 5.74) is 2.84. The Kier molecular flexibility index (Phi) is 6.76. The van der Waals surface area contributed by atoms with Gasteiger partial charge in [-0.1, -0.05) is 12.1 Å². The van der Waals surface area contributed by atoms with Gasteiger partial charge in [0, 0.05) is 42.8 Å². The zero-order valence-corrected chi connectivity index (χ0v) is 15.7. The molecule has 0 saturated heterocycles. The van der Waals surface area contributed by atoms with E-state index < -0.39 is 0 Å². The molecule has 7 heteroatoms. The summed E-state index contributed by atoms with van der Waals surface area (Å²) in [4.78, 5) is 23.7. The molecule has 3 rings (SSSR count). The lowest BCUT2D eigenvalue weighted by molar-refractivity contribution is -0.121. The summed E-state index contributed by atoms with van der Waals surface area (Å²) >= 11 is 1.49. The standard InChI is InChI=1S/C20H22N4O2S/c25-19(3-1-10-22-20(26)17-9-14-27-15-17)21-12-8-16-4-6-18(7-5-16)24-13-2-11-23-24/h2,4-7,9,11,13-15H,1,3,8,10,12H2,(H,21,25)(H,22,26). The van der Waals surface area contributed by atoms with Crippen molar-refractivity contribution in [2.45, 2.75) is 19.3 Å². The molecule has 0 unspecified atom stereocenters. The van der Waals surface area contributed by atoms with Crippen molar-refractivity contribution in [1.82, 2.24) is 20.4 Å². The normalized spacial score (nSPS) is 10.5. The van der Waals surface area contributed by atoms with Gasteiger partial charge in [0.15, 0.2) is 0 Å². The summed E-state index contributed by atoms with van der Waals surface area (Å²) in [6.45, 7) is 1.10. The Bertz CT molecular complexity index is 843. The summed E-state index contributed by atoms with van der Waals surface area (Å²) in [7, 11) is 0. The zero-order chi connectivity index (χ0) is 18.9. The maximum absolute atomic E-state index is 11.9. The van der Waals surface area contributed by atoms with Gasteiger partial charge in [0.05, 0.1) is 5.69 Å². The van der Waals surface area contributed by atoms with Crippen LogP contribution in [0.25, 0.3) is 5.69 Å². The Morgan fingerprint density at radius 3 is 2.63 bits per heavy atom. The summed E-state index contributed by atoms with van der Waals surface area (Å²) in [6, 6.07) is 11.8. The van der Waals surface area contributed by atoms with Crippen molar-refractivity contribution in [3.8, 4) is 5.69 Å². The Morgan fingerprint density at radius 1 is 1.07 bits per heavy atom. The molecule has 3 aromatic rings. The molecule has 0 aliphatic heterocycles. The average molecular weight is 382 g/mol. The lowest BCUT2D eigenvalue weighted by Crippen LogP contribution is -2.28. The minimum absolute atomic E-state index is 0.00736. The number of nitrogens with one attached hydrogen (secondary N) is 2. The third-order valence-electron chi connectivity index (χ3n) is 4.09. The second-order valence-corrected chi connectivity index (χ2v) is 6.87. The number of rotatable bonds is 9. The van der Waals surface area contributed by atoms with Gasteiger partial charge in [-0.2, -0.15) is 16.4 Å².